The molecule has 0 aromatic rings. The van der Waals surface area contributed by atoms with Crippen LogP contribution in [-0.2, 0) is 0 Å². The van der Waals surface area contributed by atoms with Crippen molar-refractivity contribution >= 4 is 0 Å². The third-order valence-corrected chi connectivity index (χ3v) is 5.00. The molecule has 0 aromatic heterocycles. The lowest BCUT2D eigenvalue weighted by Gasteiger charge is -2.43. The predicted molar refractivity (Wildman–Crippen MR) is 66.4 cm³/mol. The van der Waals surface area contributed by atoms with Crippen LogP contribution in [0, 0.1) is 5.41 Å². The van der Waals surface area contributed by atoms with Crippen LogP contribution >= 0.6 is 0 Å². The molecular weight excluding hydrogens is 198 g/mol. The zero-order valence-electron chi connectivity index (χ0n) is 10.5. The topological polar surface area (TPSA) is 32.5 Å². The lowest BCUT2D eigenvalue weighted by Crippen LogP contribution is -2.56. The molecule has 92 valence electrons. The van der Waals surface area contributed by atoms with Gasteiger partial charge in [-0.3, -0.25) is 9.80 Å². The van der Waals surface area contributed by atoms with Crippen LogP contribution in [-0.4, -0.2) is 54.6 Å². The van der Waals surface area contributed by atoms with Crippen LogP contribution in [0.3, 0.4) is 0 Å². The van der Waals surface area contributed by atoms with Crippen LogP contribution in [0.1, 0.15) is 32.6 Å². The minimum atomic E-state index is 0.509. The normalized spacial score (nSPS) is 38.6. The van der Waals surface area contributed by atoms with Gasteiger partial charge in [0, 0.05) is 31.7 Å². The van der Waals surface area contributed by atoms with E-state index in [1.165, 1.54) is 51.9 Å². The summed E-state index contributed by atoms with van der Waals surface area (Å²) in [6.45, 7) is 8.46. The van der Waals surface area contributed by atoms with Crippen molar-refractivity contribution < 1.29 is 0 Å². The fourth-order valence-electron chi connectivity index (χ4n) is 3.50. The Morgan fingerprint density at radius 3 is 2.81 bits per heavy atom. The van der Waals surface area contributed by atoms with E-state index >= 15 is 0 Å². The standard InChI is InChI=1S/C13H25N3/c1-11-7-15-6-2-3-12(15)8-16(11)10-13(9-14)4-5-13/h11-12H,2-10,14H2,1H3. The Hall–Kier alpha value is -0.120. The quantitative estimate of drug-likeness (QED) is 0.771. The Kier molecular flexibility index (Phi) is 2.73. The van der Waals surface area contributed by atoms with Crippen molar-refractivity contribution in [3.63, 3.8) is 0 Å². The van der Waals surface area contributed by atoms with E-state index in [1.807, 2.05) is 0 Å². The highest BCUT2D eigenvalue weighted by atomic mass is 15.3. The summed E-state index contributed by atoms with van der Waals surface area (Å²) in [6, 6.07) is 1.59. The van der Waals surface area contributed by atoms with Gasteiger partial charge in [0.05, 0.1) is 0 Å². The van der Waals surface area contributed by atoms with Gasteiger partial charge < -0.3 is 5.73 Å². The number of rotatable bonds is 3. The first kappa shape index (κ1) is 11.0. The third-order valence-electron chi connectivity index (χ3n) is 5.00. The van der Waals surface area contributed by atoms with Crippen LogP contribution in [0.15, 0.2) is 0 Å². The summed E-state index contributed by atoms with van der Waals surface area (Å²) < 4.78 is 0. The van der Waals surface area contributed by atoms with E-state index < -0.39 is 0 Å². The van der Waals surface area contributed by atoms with Crippen molar-refractivity contribution in [1.82, 2.24) is 9.80 Å². The van der Waals surface area contributed by atoms with Crippen molar-refractivity contribution in [1.29, 1.82) is 0 Å². The number of hydrogen-bond donors (Lipinski definition) is 1. The number of nitrogens with zero attached hydrogens (tertiary/aromatic N) is 2. The second-order valence-corrected chi connectivity index (χ2v) is 6.27. The first-order valence-corrected chi connectivity index (χ1v) is 6.91. The SMILES string of the molecule is CC1CN2CCCC2CN1CC1(CN)CC1. The first-order valence-electron chi connectivity index (χ1n) is 6.91. The molecule has 3 rings (SSSR count). The molecule has 2 unspecified atom stereocenters. The maximum atomic E-state index is 5.90. The average molecular weight is 223 g/mol. The molecule has 3 heteroatoms. The molecule has 0 spiro atoms. The highest BCUT2D eigenvalue weighted by Crippen LogP contribution is 2.45. The minimum absolute atomic E-state index is 0.509. The van der Waals surface area contributed by atoms with Gasteiger partial charge in [0.15, 0.2) is 0 Å². The van der Waals surface area contributed by atoms with Crippen molar-refractivity contribution in [2.45, 2.75) is 44.7 Å². The van der Waals surface area contributed by atoms with E-state index in [0.717, 1.165) is 18.6 Å². The van der Waals surface area contributed by atoms with Crippen LogP contribution < -0.4 is 5.73 Å². The number of piperazine rings is 1. The molecule has 0 bridgehead atoms. The molecule has 3 fully saturated rings. The lowest BCUT2D eigenvalue weighted by atomic mass is 10.0. The van der Waals surface area contributed by atoms with Crippen molar-refractivity contribution in [2.24, 2.45) is 11.1 Å². The Balaban J connectivity index is 1.62. The van der Waals surface area contributed by atoms with Crippen LogP contribution in [0.25, 0.3) is 0 Å². The summed E-state index contributed by atoms with van der Waals surface area (Å²) in [5.41, 5.74) is 6.41. The first-order chi connectivity index (χ1) is 7.72. The van der Waals surface area contributed by atoms with Gasteiger partial charge in [-0.05, 0) is 51.1 Å². The predicted octanol–water partition coefficient (Wildman–Crippen LogP) is 0.894. The van der Waals surface area contributed by atoms with Crippen molar-refractivity contribution in [3.05, 3.63) is 0 Å². The molecule has 1 aliphatic carbocycles. The zero-order valence-corrected chi connectivity index (χ0v) is 10.5. The summed E-state index contributed by atoms with van der Waals surface area (Å²) in [5, 5.41) is 0. The highest BCUT2D eigenvalue weighted by molar-refractivity contribution is 5.00. The molecule has 2 aliphatic heterocycles. The molecular formula is C13H25N3. The molecule has 3 aliphatic rings. The fraction of sp³-hybridized carbons (Fsp3) is 1.00. The number of nitrogens with two attached hydrogens (primary N) is 1. The van der Waals surface area contributed by atoms with Gasteiger partial charge in [-0.25, -0.2) is 0 Å². The Bertz CT molecular complexity index is 262. The van der Waals surface area contributed by atoms with E-state index in [-0.39, 0.29) is 0 Å². The summed E-state index contributed by atoms with van der Waals surface area (Å²) in [4.78, 5) is 5.41. The second kappa shape index (κ2) is 3.97. The zero-order chi connectivity index (χ0) is 11.2. The maximum Gasteiger partial charge on any atom is 0.0224 e. The Labute approximate surface area is 99.0 Å². The molecule has 2 saturated heterocycles. The molecule has 16 heavy (non-hydrogen) atoms. The van der Waals surface area contributed by atoms with Gasteiger partial charge in [-0.1, -0.05) is 0 Å². The molecule has 2 atom stereocenters. The van der Waals surface area contributed by atoms with E-state index in [9.17, 15) is 0 Å². The fourth-order valence-corrected chi connectivity index (χ4v) is 3.50. The summed E-state index contributed by atoms with van der Waals surface area (Å²) in [6.07, 6.45) is 5.55. The molecule has 2 heterocycles. The van der Waals surface area contributed by atoms with Gasteiger partial charge in [0.1, 0.15) is 0 Å². The van der Waals surface area contributed by atoms with Crippen LogP contribution in [0.4, 0.5) is 0 Å². The Morgan fingerprint density at radius 1 is 1.31 bits per heavy atom. The third kappa shape index (κ3) is 1.89. The van der Waals surface area contributed by atoms with E-state index in [2.05, 4.69) is 16.7 Å². The van der Waals surface area contributed by atoms with Crippen LogP contribution in [0.5, 0.6) is 0 Å². The van der Waals surface area contributed by atoms with Gasteiger partial charge in [-0.15, -0.1) is 0 Å². The smallest absolute Gasteiger partial charge is 0.0224 e. The molecule has 0 aromatic carbocycles. The average Bonchev–Trinajstić information content (AvgIpc) is 2.91. The molecule has 0 radical (unpaired) electrons. The lowest BCUT2D eigenvalue weighted by molar-refractivity contribution is 0.0456. The van der Waals surface area contributed by atoms with E-state index in [0.29, 0.717) is 5.41 Å². The number of fused-ring (bicyclic) bond motifs is 1. The maximum absolute atomic E-state index is 5.90. The molecule has 1 saturated carbocycles. The van der Waals surface area contributed by atoms with Gasteiger partial charge >= 0.3 is 0 Å². The summed E-state index contributed by atoms with van der Waals surface area (Å²) in [5.74, 6) is 0. The molecule has 0 amide bonds. The molecule has 3 nitrogen and oxygen atoms in total. The largest absolute Gasteiger partial charge is 0.330 e. The van der Waals surface area contributed by atoms with Gasteiger partial charge in [0.25, 0.3) is 0 Å². The Morgan fingerprint density at radius 2 is 2.12 bits per heavy atom. The summed E-state index contributed by atoms with van der Waals surface area (Å²) in [7, 11) is 0. The summed E-state index contributed by atoms with van der Waals surface area (Å²) >= 11 is 0. The highest BCUT2D eigenvalue weighted by Gasteiger charge is 2.45. The monoisotopic (exact) mass is 223 g/mol. The van der Waals surface area contributed by atoms with Gasteiger partial charge in [0.2, 0.25) is 0 Å². The number of hydrogen-bond acceptors (Lipinski definition) is 3. The van der Waals surface area contributed by atoms with Crippen molar-refractivity contribution in [3.8, 4) is 0 Å². The molecule has 2 N–H and O–H groups in total. The van der Waals surface area contributed by atoms with E-state index in [1.54, 1.807) is 0 Å². The van der Waals surface area contributed by atoms with Gasteiger partial charge in [-0.2, -0.15) is 0 Å². The minimum Gasteiger partial charge on any atom is -0.330 e. The van der Waals surface area contributed by atoms with Crippen molar-refractivity contribution in [2.75, 3.05) is 32.7 Å². The van der Waals surface area contributed by atoms with Crippen LogP contribution in [0.2, 0.25) is 0 Å². The van der Waals surface area contributed by atoms with E-state index in [4.69, 9.17) is 5.73 Å². The second-order valence-electron chi connectivity index (χ2n) is 6.27.